The first-order chi connectivity index (χ1) is 7.65. The molecule has 3 heteroatoms. The molecule has 0 bridgehead atoms. The van der Waals surface area contributed by atoms with Gasteiger partial charge in [-0.1, -0.05) is 12.2 Å². The molecule has 0 aliphatic carbocycles. The molecule has 0 atom stereocenters. The fourth-order valence-corrected chi connectivity index (χ4v) is 1.54. The summed E-state index contributed by atoms with van der Waals surface area (Å²) in [5, 5.41) is 19.6. The Morgan fingerprint density at radius 2 is 1.75 bits per heavy atom. The van der Waals surface area contributed by atoms with Gasteiger partial charge < -0.3 is 10.2 Å². The van der Waals surface area contributed by atoms with E-state index in [-0.39, 0.29) is 17.1 Å². The molecule has 2 N–H and O–H groups in total. The van der Waals surface area contributed by atoms with Gasteiger partial charge in [0.05, 0.1) is 5.56 Å². The van der Waals surface area contributed by atoms with E-state index in [0.717, 1.165) is 0 Å². The summed E-state index contributed by atoms with van der Waals surface area (Å²) in [5.74, 6) is -0.178. The fourth-order valence-electron chi connectivity index (χ4n) is 1.54. The Hall–Kier alpha value is -2.03. The van der Waals surface area contributed by atoms with E-state index in [0.29, 0.717) is 30.3 Å². The van der Waals surface area contributed by atoms with Crippen LogP contribution in [0.15, 0.2) is 31.4 Å². The van der Waals surface area contributed by atoms with Crippen molar-refractivity contribution in [1.29, 1.82) is 0 Å². The van der Waals surface area contributed by atoms with Crippen LogP contribution in [0, 0.1) is 0 Å². The Morgan fingerprint density at radius 3 is 2.25 bits per heavy atom. The van der Waals surface area contributed by atoms with Crippen LogP contribution < -0.4 is 0 Å². The smallest absolute Gasteiger partial charge is 0.153 e. The molecular weight excluding hydrogens is 204 g/mol. The monoisotopic (exact) mass is 218 g/mol. The number of hydrogen-bond donors (Lipinski definition) is 2. The number of aldehydes is 1. The maximum absolute atomic E-state index is 10.8. The van der Waals surface area contributed by atoms with E-state index < -0.39 is 0 Å². The summed E-state index contributed by atoms with van der Waals surface area (Å²) in [5.41, 5.74) is 1.08. The van der Waals surface area contributed by atoms with Gasteiger partial charge in [0, 0.05) is 5.56 Å². The van der Waals surface area contributed by atoms with Gasteiger partial charge in [0.2, 0.25) is 0 Å². The molecule has 0 spiro atoms. The minimum absolute atomic E-state index is 0.00269. The van der Waals surface area contributed by atoms with Gasteiger partial charge in [-0.05, 0) is 24.5 Å². The van der Waals surface area contributed by atoms with Crippen molar-refractivity contribution in [1.82, 2.24) is 0 Å². The van der Waals surface area contributed by atoms with Crippen LogP contribution in [0.4, 0.5) is 0 Å². The molecule has 0 saturated carbocycles. The highest BCUT2D eigenvalue weighted by Gasteiger charge is 2.15. The van der Waals surface area contributed by atoms with Gasteiger partial charge in [-0.25, -0.2) is 0 Å². The summed E-state index contributed by atoms with van der Waals surface area (Å²) in [6, 6.07) is 1.46. The van der Waals surface area contributed by atoms with Crippen LogP contribution in [0.3, 0.4) is 0 Å². The van der Waals surface area contributed by atoms with Crippen LogP contribution in [0.1, 0.15) is 21.5 Å². The number of rotatable bonds is 5. The number of aromatic hydroxyl groups is 2. The van der Waals surface area contributed by atoms with Gasteiger partial charge in [-0.15, -0.1) is 13.2 Å². The van der Waals surface area contributed by atoms with E-state index in [1.54, 1.807) is 12.2 Å². The van der Waals surface area contributed by atoms with Gasteiger partial charge in [0.15, 0.2) is 6.29 Å². The average molecular weight is 218 g/mol. The van der Waals surface area contributed by atoms with Crippen molar-refractivity contribution < 1.29 is 15.0 Å². The molecule has 1 aromatic rings. The van der Waals surface area contributed by atoms with Crippen molar-refractivity contribution in [3.8, 4) is 11.5 Å². The summed E-state index contributed by atoms with van der Waals surface area (Å²) < 4.78 is 0. The average Bonchev–Trinajstić information content (AvgIpc) is 2.28. The van der Waals surface area contributed by atoms with Crippen molar-refractivity contribution in [2.24, 2.45) is 0 Å². The van der Waals surface area contributed by atoms with Crippen LogP contribution in [0.5, 0.6) is 11.5 Å². The van der Waals surface area contributed by atoms with E-state index in [9.17, 15) is 15.0 Å². The van der Waals surface area contributed by atoms with Crippen LogP contribution in [0.2, 0.25) is 0 Å². The molecule has 1 rings (SSSR count). The molecule has 0 saturated heterocycles. The largest absolute Gasteiger partial charge is 0.507 e. The maximum atomic E-state index is 10.8. The third-order valence-corrected chi connectivity index (χ3v) is 2.32. The molecule has 0 amide bonds. The van der Waals surface area contributed by atoms with Crippen molar-refractivity contribution in [3.05, 3.63) is 48.1 Å². The number of hydrogen-bond acceptors (Lipinski definition) is 3. The topological polar surface area (TPSA) is 57.5 Å². The zero-order valence-electron chi connectivity index (χ0n) is 8.94. The number of benzene rings is 1. The fraction of sp³-hybridized carbons (Fsp3) is 0.154. The second-order valence-corrected chi connectivity index (χ2v) is 3.40. The predicted molar refractivity (Wildman–Crippen MR) is 63.0 cm³/mol. The normalized spacial score (nSPS) is 9.75. The van der Waals surface area contributed by atoms with Crippen LogP contribution in [-0.2, 0) is 12.8 Å². The molecule has 84 valence electrons. The Balaban J connectivity index is 3.43. The number of carbonyl (C=O) groups is 1. The van der Waals surface area contributed by atoms with E-state index in [4.69, 9.17) is 0 Å². The Labute approximate surface area is 94.4 Å². The van der Waals surface area contributed by atoms with E-state index >= 15 is 0 Å². The van der Waals surface area contributed by atoms with E-state index in [2.05, 4.69) is 13.2 Å². The maximum Gasteiger partial charge on any atom is 0.153 e. The minimum atomic E-state index is -0.180. The lowest BCUT2D eigenvalue weighted by Gasteiger charge is -2.11. The SMILES string of the molecule is C=CCc1cc(C=O)c(O)c(CC=C)c1O. The number of phenols is 2. The van der Waals surface area contributed by atoms with Crippen LogP contribution in [0.25, 0.3) is 0 Å². The van der Waals surface area contributed by atoms with Gasteiger partial charge in [-0.2, -0.15) is 0 Å². The van der Waals surface area contributed by atoms with Crippen molar-refractivity contribution >= 4 is 6.29 Å². The van der Waals surface area contributed by atoms with Gasteiger partial charge in [0.1, 0.15) is 11.5 Å². The first-order valence-corrected chi connectivity index (χ1v) is 4.89. The Morgan fingerprint density at radius 1 is 1.12 bits per heavy atom. The minimum Gasteiger partial charge on any atom is -0.507 e. The second-order valence-electron chi connectivity index (χ2n) is 3.40. The zero-order chi connectivity index (χ0) is 12.1. The zero-order valence-corrected chi connectivity index (χ0v) is 8.94. The lowest BCUT2D eigenvalue weighted by Crippen LogP contribution is -1.95. The quantitative estimate of drug-likeness (QED) is 0.589. The first-order valence-electron chi connectivity index (χ1n) is 4.89. The van der Waals surface area contributed by atoms with Crippen LogP contribution in [-0.4, -0.2) is 16.5 Å². The highest BCUT2D eigenvalue weighted by Crippen LogP contribution is 2.34. The lowest BCUT2D eigenvalue weighted by atomic mass is 9.98. The molecule has 16 heavy (non-hydrogen) atoms. The molecule has 0 aliphatic rings. The summed E-state index contributed by atoms with van der Waals surface area (Å²) >= 11 is 0. The third kappa shape index (κ3) is 2.14. The lowest BCUT2D eigenvalue weighted by molar-refractivity contribution is 0.112. The summed E-state index contributed by atoms with van der Waals surface area (Å²) in [6.45, 7) is 7.11. The molecule has 0 radical (unpaired) electrons. The Kier molecular flexibility index (Phi) is 3.89. The molecule has 0 fully saturated rings. The predicted octanol–water partition coefficient (Wildman–Crippen LogP) is 2.37. The van der Waals surface area contributed by atoms with Crippen molar-refractivity contribution in [2.45, 2.75) is 12.8 Å². The van der Waals surface area contributed by atoms with Gasteiger partial charge in [-0.3, -0.25) is 4.79 Å². The molecule has 0 aliphatic heterocycles. The van der Waals surface area contributed by atoms with E-state index in [1.807, 2.05) is 0 Å². The second kappa shape index (κ2) is 5.16. The third-order valence-electron chi connectivity index (χ3n) is 2.32. The number of carbonyl (C=O) groups excluding carboxylic acids is 1. The summed E-state index contributed by atoms with van der Waals surface area (Å²) in [4.78, 5) is 10.8. The molecule has 0 heterocycles. The van der Waals surface area contributed by atoms with E-state index in [1.165, 1.54) is 6.07 Å². The highest BCUT2D eigenvalue weighted by molar-refractivity contribution is 5.82. The molecule has 3 nitrogen and oxygen atoms in total. The molecular formula is C13H14O3. The summed E-state index contributed by atoms with van der Waals surface area (Å²) in [6.07, 6.45) is 4.49. The summed E-state index contributed by atoms with van der Waals surface area (Å²) in [7, 11) is 0. The van der Waals surface area contributed by atoms with Crippen LogP contribution >= 0.6 is 0 Å². The van der Waals surface area contributed by atoms with Gasteiger partial charge >= 0.3 is 0 Å². The highest BCUT2D eigenvalue weighted by atomic mass is 16.3. The first kappa shape index (κ1) is 12.0. The van der Waals surface area contributed by atoms with Crippen molar-refractivity contribution in [2.75, 3.05) is 0 Å². The molecule has 1 aromatic carbocycles. The number of allylic oxidation sites excluding steroid dienone is 2. The molecule has 0 unspecified atom stereocenters. The van der Waals surface area contributed by atoms with Gasteiger partial charge in [0.25, 0.3) is 0 Å². The number of phenolic OH excluding ortho intramolecular Hbond substituents is 2. The Bertz CT molecular complexity index is 433. The van der Waals surface area contributed by atoms with Crippen molar-refractivity contribution in [3.63, 3.8) is 0 Å². The molecule has 0 aromatic heterocycles. The standard InChI is InChI=1S/C13H14O3/c1-3-5-9-7-10(8-14)13(16)11(6-4-2)12(9)15/h3-4,7-8,15-16H,1-2,5-6H2.